The lowest BCUT2D eigenvalue weighted by Gasteiger charge is -2.23. The van der Waals surface area contributed by atoms with Crippen LogP contribution in [0.15, 0.2) is 42.5 Å². The minimum atomic E-state index is -4.54. The van der Waals surface area contributed by atoms with Crippen LogP contribution in [0.25, 0.3) is 0 Å². The first-order valence-corrected chi connectivity index (χ1v) is 11.9. The summed E-state index contributed by atoms with van der Waals surface area (Å²) in [7, 11) is 0. The fourth-order valence-corrected chi connectivity index (χ4v) is 3.60. The molecule has 0 aromatic heterocycles. The van der Waals surface area contributed by atoms with Crippen molar-refractivity contribution in [1.82, 2.24) is 10.2 Å². The number of nitrogens with one attached hydrogen (secondary N) is 2. The average molecular weight is 559 g/mol. The normalized spacial score (nSPS) is 12.9. The minimum Gasteiger partial charge on any atom is -0.506 e. The number of halogens is 4. The highest BCUT2D eigenvalue weighted by Gasteiger charge is 2.31. The molecule has 0 heterocycles. The summed E-state index contributed by atoms with van der Waals surface area (Å²) in [5.41, 5.74) is 16.3. The molecule has 0 aliphatic carbocycles. The molecule has 0 aliphatic rings. The van der Waals surface area contributed by atoms with Gasteiger partial charge in [0.2, 0.25) is 17.7 Å². The maximum atomic E-state index is 13.0. The van der Waals surface area contributed by atoms with E-state index in [2.05, 4.69) is 10.6 Å². The number of alkyl halides is 3. The lowest BCUT2D eigenvalue weighted by Crippen LogP contribution is -2.51. The van der Waals surface area contributed by atoms with Crippen molar-refractivity contribution < 1.29 is 32.7 Å². The van der Waals surface area contributed by atoms with E-state index >= 15 is 0 Å². The number of nitrogens with zero attached hydrogens (tertiary/aromatic N) is 1. The molecule has 0 saturated heterocycles. The maximum Gasteiger partial charge on any atom is 0.416 e. The van der Waals surface area contributed by atoms with E-state index in [1.54, 1.807) is 0 Å². The largest absolute Gasteiger partial charge is 0.506 e. The van der Waals surface area contributed by atoms with E-state index in [-0.39, 0.29) is 61.4 Å². The fraction of sp³-hybridized carbons (Fsp3) is 0.375. The van der Waals surface area contributed by atoms with Gasteiger partial charge in [0.1, 0.15) is 11.8 Å². The number of rotatable bonds is 12. The molecule has 0 radical (unpaired) electrons. The Kier molecular flexibility index (Phi) is 11.3. The molecule has 9 N–H and O–H groups in total. The zero-order valence-corrected chi connectivity index (χ0v) is 21.1. The van der Waals surface area contributed by atoms with Crippen molar-refractivity contribution in [3.8, 4) is 5.75 Å². The molecule has 2 atom stereocenters. The van der Waals surface area contributed by atoms with Gasteiger partial charge in [-0.25, -0.2) is 0 Å². The highest BCUT2D eigenvalue weighted by atomic mass is 35.5. The van der Waals surface area contributed by atoms with Crippen LogP contribution in [0.3, 0.4) is 0 Å². The van der Waals surface area contributed by atoms with E-state index in [4.69, 9.17) is 28.8 Å². The number of phenols is 1. The molecule has 10 nitrogen and oxygen atoms in total. The van der Waals surface area contributed by atoms with E-state index in [9.17, 15) is 32.7 Å². The van der Waals surface area contributed by atoms with Crippen molar-refractivity contribution in [2.24, 2.45) is 17.2 Å². The Bertz CT molecular complexity index is 1120. The summed E-state index contributed by atoms with van der Waals surface area (Å²) >= 11 is 5.91. The van der Waals surface area contributed by atoms with Gasteiger partial charge in [0.15, 0.2) is 0 Å². The van der Waals surface area contributed by atoms with Crippen LogP contribution in [0.2, 0.25) is 5.02 Å². The zero-order valence-electron chi connectivity index (χ0n) is 20.3. The molecule has 2 aromatic carbocycles. The highest BCUT2D eigenvalue weighted by molar-refractivity contribution is 6.31. The monoisotopic (exact) mass is 558 g/mol. The molecule has 2 unspecified atom stereocenters. The number of carbonyl (C=O) groups is 3. The first-order chi connectivity index (χ1) is 17.8. The lowest BCUT2D eigenvalue weighted by atomic mass is 10.0. The van der Waals surface area contributed by atoms with Crippen molar-refractivity contribution in [2.75, 3.05) is 25.1 Å². The van der Waals surface area contributed by atoms with E-state index in [0.29, 0.717) is 5.56 Å². The SMILES string of the molecule is NCCN(CN)C(=O)CCC(N)C(=O)NC(Cc1ccc(C(F)(F)F)cc1)C(=O)Nc1cc(Cl)ccc1O. The van der Waals surface area contributed by atoms with Gasteiger partial charge in [-0.2, -0.15) is 13.2 Å². The van der Waals surface area contributed by atoms with Crippen LogP contribution >= 0.6 is 11.6 Å². The Morgan fingerprint density at radius 1 is 1.05 bits per heavy atom. The summed E-state index contributed by atoms with van der Waals surface area (Å²) in [4.78, 5) is 39.4. The van der Waals surface area contributed by atoms with Crippen LogP contribution in [0.1, 0.15) is 24.0 Å². The third-order valence-electron chi connectivity index (χ3n) is 5.55. The summed E-state index contributed by atoms with van der Waals surface area (Å²) < 4.78 is 38.8. The number of hydrogen-bond acceptors (Lipinski definition) is 7. The standard InChI is InChI=1S/C24H30ClF3N6O4/c25-16-5-7-20(35)18(12-16)32-23(38)19(11-14-1-3-15(4-2-14)24(26,27)28)33-22(37)17(31)6-8-21(36)34(13-30)10-9-29/h1-5,7,12,17,19,35H,6,8-11,13,29-31H2,(H,32,38)(H,33,37). The molecule has 208 valence electrons. The number of anilines is 1. The topological polar surface area (TPSA) is 177 Å². The second-order valence-corrected chi connectivity index (χ2v) is 8.82. The molecule has 38 heavy (non-hydrogen) atoms. The van der Waals surface area contributed by atoms with Gasteiger partial charge in [0.25, 0.3) is 0 Å². The van der Waals surface area contributed by atoms with Gasteiger partial charge < -0.3 is 37.8 Å². The Labute approximate surface area is 222 Å². The highest BCUT2D eigenvalue weighted by Crippen LogP contribution is 2.29. The van der Waals surface area contributed by atoms with Crippen LogP contribution < -0.4 is 27.8 Å². The Morgan fingerprint density at radius 3 is 2.29 bits per heavy atom. The number of carbonyl (C=O) groups excluding carboxylic acids is 3. The Morgan fingerprint density at radius 2 is 1.71 bits per heavy atom. The van der Waals surface area contributed by atoms with Crippen molar-refractivity contribution in [3.63, 3.8) is 0 Å². The molecule has 2 rings (SSSR count). The van der Waals surface area contributed by atoms with Crippen molar-refractivity contribution in [1.29, 1.82) is 0 Å². The molecule has 0 bridgehead atoms. The molecular formula is C24H30ClF3N6O4. The third kappa shape index (κ3) is 9.17. The minimum absolute atomic E-state index is 0.0363. The number of nitrogens with two attached hydrogens (primary N) is 3. The Hall–Kier alpha value is -3.39. The molecule has 14 heteroatoms. The number of phenolic OH excluding ortho intramolecular Hbond substituents is 1. The van der Waals surface area contributed by atoms with Crippen molar-refractivity contribution in [3.05, 3.63) is 58.6 Å². The van der Waals surface area contributed by atoms with Crippen LogP contribution in [0.4, 0.5) is 18.9 Å². The van der Waals surface area contributed by atoms with Crippen molar-refractivity contribution in [2.45, 2.75) is 37.5 Å². The van der Waals surface area contributed by atoms with Crippen LogP contribution in [0, 0.1) is 0 Å². The lowest BCUT2D eigenvalue weighted by molar-refractivity contribution is -0.137. The molecule has 0 spiro atoms. The van der Waals surface area contributed by atoms with Crippen LogP contribution in [-0.4, -0.2) is 59.6 Å². The summed E-state index contributed by atoms with van der Waals surface area (Å²) in [5.74, 6) is -2.19. The number of amides is 3. The van der Waals surface area contributed by atoms with Gasteiger partial charge in [0.05, 0.1) is 24.0 Å². The van der Waals surface area contributed by atoms with Gasteiger partial charge >= 0.3 is 6.18 Å². The number of aromatic hydroxyl groups is 1. The zero-order chi connectivity index (χ0) is 28.5. The number of hydrogen-bond donors (Lipinski definition) is 6. The van der Waals surface area contributed by atoms with E-state index in [1.165, 1.54) is 35.2 Å². The second kappa shape index (κ2) is 14.0. The van der Waals surface area contributed by atoms with Gasteiger partial charge in [-0.1, -0.05) is 23.7 Å². The van der Waals surface area contributed by atoms with Gasteiger partial charge in [0, 0.05) is 31.0 Å². The average Bonchev–Trinajstić information content (AvgIpc) is 2.87. The van der Waals surface area contributed by atoms with Crippen molar-refractivity contribution >= 4 is 35.0 Å². The van der Waals surface area contributed by atoms with E-state index in [0.717, 1.165) is 12.1 Å². The third-order valence-corrected chi connectivity index (χ3v) is 5.78. The molecular weight excluding hydrogens is 529 g/mol. The second-order valence-electron chi connectivity index (χ2n) is 8.38. The van der Waals surface area contributed by atoms with Gasteiger partial charge in [-0.15, -0.1) is 0 Å². The first-order valence-electron chi connectivity index (χ1n) is 11.5. The predicted octanol–water partition coefficient (Wildman–Crippen LogP) is 1.54. The van der Waals surface area contributed by atoms with Gasteiger partial charge in [-0.05, 0) is 42.3 Å². The summed E-state index contributed by atoms with van der Waals surface area (Å²) in [6, 6.07) is 5.54. The van der Waals surface area contributed by atoms with Crippen LogP contribution in [-0.2, 0) is 27.0 Å². The summed E-state index contributed by atoms with van der Waals surface area (Å²) in [6.45, 7) is 0.393. The molecule has 2 aromatic rings. The summed E-state index contributed by atoms with van der Waals surface area (Å²) in [6.07, 6.45) is -4.89. The quantitative estimate of drug-likeness (QED) is 0.169. The summed E-state index contributed by atoms with van der Waals surface area (Å²) in [5, 5.41) is 15.2. The molecule has 0 fully saturated rings. The fourth-order valence-electron chi connectivity index (χ4n) is 3.42. The predicted molar refractivity (Wildman–Crippen MR) is 136 cm³/mol. The molecule has 0 aliphatic heterocycles. The smallest absolute Gasteiger partial charge is 0.416 e. The van der Waals surface area contributed by atoms with E-state index in [1.807, 2.05) is 0 Å². The van der Waals surface area contributed by atoms with E-state index < -0.39 is 35.6 Å². The molecule has 0 saturated carbocycles. The first kappa shape index (κ1) is 30.8. The maximum absolute atomic E-state index is 13.0. The Balaban J connectivity index is 2.17. The molecule has 3 amide bonds. The van der Waals surface area contributed by atoms with Crippen LogP contribution in [0.5, 0.6) is 5.75 Å². The van der Waals surface area contributed by atoms with Gasteiger partial charge in [-0.3, -0.25) is 14.4 Å². The number of benzene rings is 2.